The number of rotatable bonds is 0. The van der Waals surface area contributed by atoms with Gasteiger partial charge in [0.1, 0.15) is 5.69 Å². The number of aromatic amines is 1. The summed E-state index contributed by atoms with van der Waals surface area (Å²) in [4.78, 5) is 27.1. The highest BCUT2D eigenvalue weighted by molar-refractivity contribution is 5.88. The van der Waals surface area contributed by atoms with Crippen molar-refractivity contribution in [3.05, 3.63) is 28.4 Å². The van der Waals surface area contributed by atoms with Gasteiger partial charge in [-0.15, -0.1) is 0 Å². The predicted molar refractivity (Wildman–Crippen MR) is 43.8 cm³/mol. The monoisotopic (exact) mass is 178 g/mol. The maximum Gasteiger partial charge on any atom is 0.384 e. The lowest BCUT2D eigenvalue weighted by molar-refractivity contribution is -0.133. The van der Waals surface area contributed by atoms with Crippen LogP contribution in [0.2, 0.25) is 0 Å². The van der Waals surface area contributed by atoms with Crippen LogP contribution in [0.5, 0.6) is 0 Å². The molecule has 0 saturated heterocycles. The molecule has 5 nitrogen and oxygen atoms in total. The van der Waals surface area contributed by atoms with E-state index in [9.17, 15) is 9.59 Å². The molecular formula is C8H6N2O3. The number of carbonyl (C=O) groups excluding carboxylic acids is 1. The molecule has 5 heteroatoms. The first-order valence-corrected chi connectivity index (χ1v) is 3.37. The molecule has 1 N–H and O–H groups in total. The third-order valence-corrected chi connectivity index (χ3v) is 1.15. The molecule has 1 aromatic rings. The fraction of sp³-hybridized carbons (Fsp3) is 0.125. The van der Waals surface area contributed by atoms with Gasteiger partial charge in [0.25, 0.3) is 5.56 Å². The minimum absolute atomic E-state index is 0.310. The molecule has 1 aromatic heterocycles. The Bertz CT molecular complexity index is 405. The molecular weight excluding hydrogens is 172 g/mol. The number of H-pyrrole nitrogens is 1. The van der Waals surface area contributed by atoms with Gasteiger partial charge in [0.15, 0.2) is 0 Å². The standard InChI is InChI=1S/C8H6N2O3/c1-13-8(12)3-2-6-4-10-7(11)5-9-6/h4-5H,1H3,(H,10,11). The molecule has 66 valence electrons. The van der Waals surface area contributed by atoms with Gasteiger partial charge in [0.05, 0.1) is 13.3 Å². The van der Waals surface area contributed by atoms with Crippen molar-refractivity contribution in [1.29, 1.82) is 0 Å². The van der Waals surface area contributed by atoms with Crippen LogP contribution in [-0.4, -0.2) is 23.0 Å². The Morgan fingerprint density at radius 3 is 3.00 bits per heavy atom. The Morgan fingerprint density at radius 2 is 2.46 bits per heavy atom. The first kappa shape index (κ1) is 9.00. The van der Waals surface area contributed by atoms with Crippen molar-refractivity contribution in [2.24, 2.45) is 0 Å². The van der Waals surface area contributed by atoms with E-state index in [-0.39, 0.29) is 5.56 Å². The van der Waals surface area contributed by atoms with Crippen LogP contribution < -0.4 is 5.56 Å². The Kier molecular flexibility index (Phi) is 2.82. The quantitative estimate of drug-likeness (QED) is 0.421. The predicted octanol–water partition coefficient (Wildman–Crippen LogP) is -0.706. The van der Waals surface area contributed by atoms with E-state index in [0.717, 1.165) is 6.20 Å². The van der Waals surface area contributed by atoms with Crippen LogP contribution in [0.15, 0.2) is 17.2 Å². The maximum absolute atomic E-state index is 10.6. The average Bonchev–Trinajstić information content (AvgIpc) is 2.16. The Morgan fingerprint density at radius 1 is 1.69 bits per heavy atom. The van der Waals surface area contributed by atoms with E-state index in [1.165, 1.54) is 13.3 Å². The van der Waals surface area contributed by atoms with Gasteiger partial charge in [-0.05, 0) is 5.92 Å². The summed E-state index contributed by atoms with van der Waals surface area (Å²) in [5.41, 5.74) is -0.00591. The number of hydrogen-bond donors (Lipinski definition) is 1. The van der Waals surface area contributed by atoms with E-state index in [2.05, 4.69) is 26.5 Å². The summed E-state index contributed by atoms with van der Waals surface area (Å²) in [5.74, 6) is 3.94. The first-order chi connectivity index (χ1) is 6.22. The third kappa shape index (κ3) is 2.79. The summed E-state index contributed by atoms with van der Waals surface area (Å²) in [6.45, 7) is 0. The van der Waals surface area contributed by atoms with Gasteiger partial charge in [0, 0.05) is 12.1 Å². The molecule has 0 radical (unpaired) electrons. The van der Waals surface area contributed by atoms with Gasteiger partial charge in [-0.1, -0.05) is 0 Å². The minimum Gasteiger partial charge on any atom is -0.459 e. The zero-order valence-electron chi connectivity index (χ0n) is 6.83. The van der Waals surface area contributed by atoms with Gasteiger partial charge in [-0.3, -0.25) is 4.79 Å². The van der Waals surface area contributed by atoms with Crippen LogP contribution in [0.3, 0.4) is 0 Å². The van der Waals surface area contributed by atoms with Crippen molar-refractivity contribution in [3.8, 4) is 11.8 Å². The third-order valence-electron chi connectivity index (χ3n) is 1.15. The van der Waals surface area contributed by atoms with Crippen LogP contribution in [0.4, 0.5) is 0 Å². The van der Waals surface area contributed by atoms with E-state index >= 15 is 0 Å². The van der Waals surface area contributed by atoms with Crippen molar-refractivity contribution in [2.45, 2.75) is 0 Å². The van der Waals surface area contributed by atoms with Gasteiger partial charge < -0.3 is 9.72 Å². The molecule has 1 heterocycles. The molecule has 1 rings (SSSR count). The Labute approximate surface area is 73.8 Å². The number of hydrogen-bond acceptors (Lipinski definition) is 4. The van der Waals surface area contributed by atoms with Crippen molar-refractivity contribution in [3.63, 3.8) is 0 Å². The summed E-state index contributed by atoms with van der Waals surface area (Å²) in [7, 11) is 1.23. The minimum atomic E-state index is -0.645. The number of aromatic nitrogens is 2. The summed E-state index contributed by atoms with van der Waals surface area (Å²) < 4.78 is 4.28. The largest absolute Gasteiger partial charge is 0.459 e. The van der Waals surface area contributed by atoms with E-state index in [1.54, 1.807) is 0 Å². The normalized spacial score (nSPS) is 8.38. The van der Waals surface area contributed by atoms with Crippen LogP contribution in [-0.2, 0) is 9.53 Å². The molecule has 13 heavy (non-hydrogen) atoms. The van der Waals surface area contributed by atoms with E-state index in [0.29, 0.717) is 5.69 Å². The van der Waals surface area contributed by atoms with Gasteiger partial charge >= 0.3 is 5.97 Å². The van der Waals surface area contributed by atoms with Crippen molar-refractivity contribution in [1.82, 2.24) is 9.97 Å². The van der Waals surface area contributed by atoms with E-state index in [4.69, 9.17) is 0 Å². The average molecular weight is 178 g/mol. The molecule has 0 fully saturated rings. The zero-order valence-corrected chi connectivity index (χ0v) is 6.83. The van der Waals surface area contributed by atoms with Gasteiger partial charge in [-0.2, -0.15) is 0 Å². The molecule has 0 aromatic carbocycles. The Balaban J connectivity index is 2.84. The molecule has 0 aliphatic heterocycles. The maximum atomic E-state index is 10.6. The number of nitrogens with zero attached hydrogens (tertiary/aromatic N) is 1. The lowest BCUT2D eigenvalue weighted by atomic mass is 10.4. The number of esters is 1. The fourth-order valence-electron chi connectivity index (χ4n) is 0.577. The molecule has 0 spiro atoms. The highest BCUT2D eigenvalue weighted by Crippen LogP contribution is 1.82. The molecule has 0 amide bonds. The van der Waals surface area contributed by atoms with Gasteiger partial charge in [-0.25, -0.2) is 9.78 Å². The second-order valence-corrected chi connectivity index (χ2v) is 2.04. The topological polar surface area (TPSA) is 72.1 Å². The molecule has 0 bridgehead atoms. The number of nitrogens with one attached hydrogen (secondary N) is 1. The molecule has 0 aliphatic rings. The summed E-state index contributed by atoms with van der Waals surface area (Å²) in [6.07, 6.45) is 2.40. The van der Waals surface area contributed by atoms with E-state index in [1.807, 2.05) is 0 Å². The molecule has 0 saturated carbocycles. The number of carbonyl (C=O) groups is 1. The van der Waals surface area contributed by atoms with Crippen LogP contribution in [0, 0.1) is 11.8 Å². The Hall–Kier alpha value is -2.09. The first-order valence-electron chi connectivity index (χ1n) is 3.37. The lowest BCUT2D eigenvalue weighted by Gasteiger charge is -1.86. The zero-order chi connectivity index (χ0) is 9.68. The summed E-state index contributed by atoms with van der Waals surface area (Å²) in [5, 5.41) is 0. The number of methoxy groups -OCH3 is 1. The van der Waals surface area contributed by atoms with Crippen LogP contribution in [0.1, 0.15) is 5.69 Å². The van der Waals surface area contributed by atoms with Gasteiger partial charge in [0.2, 0.25) is 0 Å². The molecule has 0 unspecified atom stereocenters. The SMILES string of the molecule is COC(=O)C#Cc1c[nH]c(=O)cn1. The smallest absolute Gasteiger partial charge is 0.384 e. The highest BCUT2D eigenvalue weighted by Gasteiger charge is 1.91. The van der Waals surface area contributed by atoms with Crippen LogP contribution in [0.25, 0.3) is 0 Å². The van der Waals surface area contributed by atoms with Crippen molar-refractivity contribution in [2.75, 3.05) is 7.11 Å². The molecule has 0 aliphatic carbocycles. The second kappa shape index (κ2) is 4.07. The van der Waals surface area contributed by atoms with Crippen molar-refractivity contribution < 1.29 is 9.53 Å². The summed E-state index contributed by atoms with van der Waals surface area (Å²) >= 11 is 0. The molecule has 0 atom stereocenters. The van der Waals surface area contributed by atoms with Crippen molar-refractivity contribution >= 4 is 5.97 Å². The van der Waals surface area contributed by atoms with E-state index < -0.39 is 5.97 Å². The second-order valence-electron chi connectivity index (χ2n) is 2.04. The number of ether oxygens (including phenoxy) is 1. The summed E-state index contributed by atoms with van der Waals surface area (Å²) in [6, 6.07) is 0. The lowest BCUT2D eigenvalue weighted by Crippen LogP contribution is -2.04. The van der Waals surface area contributed by atoms with Crippen LogP contribution >= 0.6 is 0 Å². The highest BCUT2D eigenvalue weighted by atomic mass is 16.5. The fourth-order valence-corrected chi connectivity index (χ4v) is 0.577.